The van der Waals surface area contributed by atoms with Crippen LogP contribution in [0.5, 0.6) is 0 Å². The maximum atomic E-state index is 10.8. The van der Waals surface area contributed by atoms with Crippen molar-refractivity contribution < 1.29 is 4.92 Å². The number of aryl methyl sites for hydroxylation is 3. The number of aromatic nitrogens is 2. The summed E-state index contributed by atoms with van der Waals surface area (Å²) in [6.07, 6.45) is 4.68. The van der Waals surface area contributed by atoms with Crippen LogP contribution >= 0.6 is 11.6 Å². The molecule has 0 atom stereocenters. The van der Waals surface area contributed by atoms with Crippen molar-refractivity contribution in [3.8, 4) is 0 Å². The van der Waals surface area contributed by atoms with E-state index in [1.807, 2.05) is 32.0 Å². The fraction of sp³-hybridized carbons (Fsp3) is 0.400. The Balaban J connectivity index is 2.05. The Kier molecular flexibility index (Phi) is 5.03. The summed E-state index contributed by atoms with van der Waals surface area (Å²) >= 11 is 6.22. The molecule has 1 aromatic heterocycles. The molecule has 0 saturated carbocycles. The molecule has 2 rings (SSSR count). The van der Waals surface area contributed by atoms with Gasteiger partial charge in [-0.1, -0.05) is 11.6 Å². The number of anilines is 1. The first-order chi connectivity index (χ1) is 10.4. The van der Waals surface area contributed by atoms with Crippen molar-refractivity contribution >= 4 is 23.0 Å². The lowest BCUT2D eigenvalue weighted by Crippen LogP contribution is -2.21. The first kappa shape index (κ1) is 16.3. The Morgan fingerprint density at radius 1 is 1.41 bits per heavy atom. The van der Waals surface area contributed by atoms with E-state index in [-0.39, 0.29) is 5.69 Å². The SMILES string of the molecule is Cc1cc([N+](=O)[O-])cc(Cl)c1N(C)CCCn1ccnc1C. The summed E-state index contributed by atoms with van der Waals surface area (Å²) in [5.41, 5.74) is 1.67. The van der Waals surface area contributed by atoms with Gasteiger partial charge in [0, 0.05) is 44.7 Å². The number of imidazole rings is 1. The Hall–Kier alpha value is -2.08. The molecular weight excluding hydrogens is 304 g/mol. The van der Waals surface area contributed by atoms with Crippen molar-refractivity contribution in [2.24, 2.45) is 0 Å². The van der Waals surface area contributed by atoms with Crippen LogP contribution in [0.2, 0.25) is 5.02 Å². The highest BCUT2D eigenvalue weighted by Crippen LogP contribution is 2.33. The van der Waals surface area contributed by atoms with Gasteiger partial charge in [-0.15, -0.1) is 0 Å². The quantitative estimate of drug-likeness (QED) is 0.602. The summed E-state index contributed by atoms with van der Waals surface area (Å²) in [6, 6.07) is 2.96. The number of hydrogen-bond acceptors (Lipinski definition) is 4. The van der Waals surface area contributed by atoms with Crippen molar-refractivity contribution in [3.05, 3.63) is 51.1 Å². The Morgan fingerprint density at radius 2 is 2.14 bits per heavy atom. The minimum absolute atomic E-state index is 0.0219. The Bertz CT molecular complexity index is 661. The fourth-order valence-electron chi connectivity index (χ4n) is 2.54. The molecule has 2 aromatic rings. The van der Waals surface area contributed by atoms with E-state index >= 15 is 0 Å². The van der Waals surface area contributed by atoms with E-state index in [1.165, 1.54) is 6.07 Å². The molecule has 0 unspecified atom stereocenters. The lowest BCUT2D eigenvalue weighted by Gasteiger charge is -2.22. The van der Waals surface area contributed by atoms with Crippen LogP contribution < -0.4 is 4.90 Å². The van der Waals surface area contributed by atoms with E-state index in [1.54, 1.807) is 12.3 Å². The summed E-state index contributed by atoms with van der Waals surface area (Å²) in [7, 11) is 1.95. The van der Waals surface area contributed by atoms with Gasteiger partial charge < -0.3 is 9.47 Å². The third-order valence-electron chi connectivity index (χ3n) is 3.65. The molecule has 0 N–H and O–H groups in total. The molecule has 0 aliphatic rings. The third kappa shape index (κ3) is 3.57. The number of nitro groups is 1. The molecule has 0 bridgehead atoms. The van der Waals surface area contributed by atoms with E-state index in [2.05, 4.69) is 9.55 Å². The molecule has 6 nitrogen and oxygen atoms in total. The predicted octanol–water partition coefficient (Wildman–Crippen LogP) is 3.59. The van der Waals surface area contributed by atoms with Crippen LogP contribution in [0, 0.1) is 24.0 Å². The molecule has 7 heteroatoms. The van der Waals surface area contributed by atoms with Gasteiger partial charge in [0.15, 0.2) is 0 Å². The number of benzene rings is 1. The molecule has 0 fully saturated rings. The van der Waals surface area contributed by atoms with E-state index in [0.29, 0.717) is 5.02 Å². The van der Waals surface area contributed by atoms with Crippen molar-refractivity contribution in [3.63, 3.8) is 0 Å². The molecule has 0 spiro atoms. The van der Waals surface area contributed by atoms with Gasteiger partial charge in [-0.05, 0) is 25.8 Å². The van der Waals surface area contributed by atoms with Crippen LogP contribution in [0.4, 0.5) is 11.4 Å². The van der Waals surface area contributed by atoms with Crippen LogP contribution in [-0.4, -0.2) is 28.1 Å². The van der Waals surface area contributed by atoms with Gasteiger partial charge in [0.2, 0.25) is 0 Å². The van der Waals surface area contributed by atoms with Crippen LogP contribution in [-0.2, 0) is 6.54 Å². The normalized spacial score (nSPS) is 10.7. The highest BCUT2D eigenvalue weighted by Gasteiger charge is 2.16. The Morgan fingerprint density at radius 3 is 2.68 bits per heavy atom. The summed E-state index contributed by atoms with van der Waals surface area (Å²) in [4.78, 5) is 16.6. The summed E-state index contributed by atoms with van der Waals surface area (Å²) in [5, 5.41) is 11.3. The van der Waals surface area contributed by atoms with Crippen molar-refractivity contribution in [2.45, 2.75) is 26.8 Å². The number of hydrogen-bond donors (Lipinski definition) is 0. The first-order valence-corrected chi connectivity index (χ1v) is 7.41. The molecule has 0 aliphatic carbocycles. The van der Waals surface area contributed by atoms with Crippen LogP contribution in [0.1, 0.15) is 17.8 Å². The van der Waals surface area contributed by atoms with Gasteiger partial charge >= 0.3 is 0 Å². The maximum Gasteiger partial charge on any atom is 0.271 e. The molecule has 0 aliphatic heterocycles. The highest BCUT2D eigenvalue weighted by atomic mass is 35.5. The van der Waals surface area contributed by atoms with Crippen LogP contribution in [0.3, 0.4) is 0 Å². The molecular formula is C15H19ClN4O2. The number of nitrogens with zero attached hydrogens (tertiary/aromatic N) is 4. The van der Waals surface area contributed by atoms with Crippen LogP contribution in [0.25, 0.3) is 0 Å². The van der Waals surface area contributed by atoms with E-state index in [0.717, 1.165) is 36.6 Å². The molecule has 22 heavy (non-hydrogen) atoms. The second-order valence-electron chi connectivity index (χ2n) is 5.29. The van der Waals surface area contributed by atoms with Crippen molar-refractivity contribution in [1.82, 2.24) is 9.55 Å². The summed E-state index contributed by atoms with van der Waals surface area (Å²) in [5.74, 6) is 0.993. The minimum atomic E-state index is -0.426. The number of non-ortho nitro benzene ring substituents is 1. The summed E-state index contributed by atoms with van der Waals surface area (Å²) < 4.78 is 2.10. The molecule has 0 radical (unpaired) electrons. The number of halogens is 1. The van der Waals surface area contributed by atoms with Gasteiger partial charge in [-0.2, -0.15) is 0 Å². The minimum Gasteiger partial charge on any atom is -0.373 e. The molecule has 0 amide bonds. The highest BCUT2D eigenvalue weighted by molar-refractivity contribution is 6.33. The van der Waals surface area contributed by atoms with Gasteiger partial charge in [0.05, 0.1) is 15.6 Å². The zero-order valence-electron chi connectivity index (χ0n) is 12.9. The van der Waals surface area contributed by atoms with E-state index in [9.17, 15) is 10.1 Å². The fourth-order valence-corrected chi connectivity index (χ4v) is 2.94. The average molecular weight is 323 g/mol. The average Bonchev–Trinajstić information content (AvgIpc) is 2.83. The van der Waals surface area contributed by atoms with Gasteiger partial charge in [-0.3, -0.25) is 10.1 Å². The standard InChI is InChI=1S/C15H19ClN4O2/c1-11-9-13(20(21)22)10-14(16)15(11)18(3)6-4-7-19-8-5-17-12(19)2/h5,8-10H,4,6-7H2,1-3H3. The monoisotopic (exact) mass is 322 g/mol. The number of rotatable bonds is 6. The van der Waals surface area contributed by atoms with Crippen LogP contribution in [0.15, 0.2) is 24.5 Å². The number of nitro benzene ring substituents is 1. The summed E-state index contributed by atoms with van der Waals surface area (Å²) in [6.45, 7) is 5.49. The molecule has 0 saturated heterocycles. The lowest BCUT2D eigenvalue weighted by atomic mass is 10.1. The Labute approximate surface area is 134 Å². The maximum absolute atomic E-state index is 10.8. The molecule has 1 aromatic carbocycles. The van der Waals surface area contributed by atoms with Gasteiger partial charge in [0.25, 0.3) is 5.69 Å². The van der Waals surface area contributed by atoms with Crippen molar-refractivity contribution in [2.75, 3.05) is 18.5 Å². The second-order valence-corrected chi connectivity index (χ2v) is 5.70. The zero-order chi connectivity index (χ0) is 16.3. The van der Waals surface area contributed by atoms with E-state index in [4.69, 9.17) is 11.6 Å². The molecule has 118 valence electrons. The first-order valence-electron chi connectivity index (χ1n) is 7.03. The smallest absolute Gasteiger partial charge is 0.271 e. The van der Waals surface area contributed by atoms with E-state index < -0.39 is 4.92 Å². The molecule has 1 heterocycles. The lowest BCUT2D eigenvalue weighted by molar-refractivity contribution is -0.384. The van der Waals surface area contributed by atoms with Gasteiger partial charge in [0.1, 0.15) is 5.82 Å². The largest absolute Gasteiger partial charge is 0.373 e. The zero-order valence-corrected chi connectivity index (χ0v) is 13.7. The topological polar surface area (TPSA) is 64.2 Å². The second kappa shape index (κ2) is 6.79. The van der Waals surface area contributed by atoms with Crippen molar-refractivity contribution in [1.29, 1.82) is 0 Å². The predicted molar refractivity (Wildman–Crippen MR) is 87.7 cm³/mol. The van der Waals surface area contributed by atoms with Gasteiger partial charge in [-0.25, -0.2) is 4.98 Å². The third-order valence-corrected chi connectivity index (χ3v) is 3.94.